The van der Waals surface area contributed by atoms with Gasteiger partial charge in [-0.1, -0.05) is 0 Å². The van der Waals surface area contributed by atoms with Crippen molar-refractivity contribution in [3.63, 3.8) is 0 Å². The molecule has 0 radical (unpaired) electrons. The number of rotatable bonds is 5. The Morgan fingerprint density at radius 3 is 2.92 bits per heavy atom. The highest BCUT2D eigenvalue weighted by atomic mass is 16.5. The van der Waals surface area contributed by atoms with Gasteiger partial charge in [0.05, 0.1) is 6.61 Å². The van der Waals surface area contributed by atoms with Gasteiger partial charge in [0.1, 0.15) is 0 Å². The zero-order valence-corrected chi connectivity index (χ0v) is 7.82. The molecule has 0 saturated carbocycles. The molecule has 1 aliphatic rings. The lowest BCUT2D eigenvalue weighted by molar-refractivity contribution is 0.0644. The Labute approximate surface area is 77.7 Å². The van der Waals surface area contributed by atoms with Gasteiger partial charge in [0.2, 0.25) is 0 Å². The van der Waals surface area contributed by atoms with Crippen LogP contribution < -0.4 is 5.32 Å². The molecule has 1 aliphatic heterocycles. The molecule has 1 fully saturated rings. The molecule has 76 valence electrons. The first-order valence-corrected chi connectivity index (χ1v) is 4.40. The quantitative estimate of drug-likeness (QED) is 0.629. The van der Waals surface area contributed by atoms with Crippen molar-refractivity contribution in [2.75, 3.05) is 39.9 Å². The number of hydrogen-bond donors (Lipinski definition) is 2. The van der Waals surface area contributed by atoms with Crippen LogP contribution in [-0.2, 0) is 4.74 Å². The van der Waals surface area contributed by atoms with E-state index in [9.17, 15) is 4.79 Å². The first-order valence-electron chi connectivity index (χ1n) is 4.40. The maximum Gasteiger partial charge on any atom is 0.404 e. The largest absolute Gasteiger partial charge is 0.465 e. The molecule has 5 heteroatoms. The zero-order chi connectivity index (χ0) is 9.68. The van der Waals surface area contributed by atoms with Crippen molar-refractivity contribution in [3.8, 4) is 0 Å². The van der Waals surface area contributed by atoms with Crippen LogP contribution in [0.2, 0.25) is 0 Å². The zero-order valence-electron chi connectivity index (χ0n) is 7.82. The molecule has 0 aromatic heterocycles. The van der Waals surface area contributed by atoms with E-state index in [2.05, 4.69) is 10.2 Å². The molecule has 1 rings (SSSR count). The summed E-state index contributed by atoms with van der Waals surface area (Å²) >= 11 is 0. The highest BCUT2D eigenvalue weighted by molar-refractivity contribution is 5.64. The highest BCUT2D eigenvalue weighted by Crippen LogP contribution is 2.13. The SMILES string of the molecule is COCCN1CC(CNC(=O)O)C1. The summed E-state index contributed by atoms with van der Waals surface area (Å²) < 4.78 is 4.93. The molecule has 0 aromatic carbocycles. The van der Waals surface area contributed by atoms with Gasteiger partial charge in [0, 0.05) is 39.2 Å². The van der Waals surface area contributed by atoms with E-state index in [-0.39, 0.29) is 0 Å². The van der Waals surface area contributed by atoms with Crippen LogP contribution in [0.15, 0.2) is 0 Å². The lowest BCUT2D eigenvalue weighted by atomic mass is 10.0. The predicted molar refractivity (Wildman–Crippen MR) is 47.8 cm³/mol. The van der Waals surface area contributed by atoms with Crippen molar-refractivity contribution >= 4 is 6.09 Å². The number of hydrogen-bond acceptors (Lipinski definition) is 3. The minimum atomic E-state index is -0.935. The highest BCUT2D eigenvalue weighted by Gasteiger charge is 2.25. The van der Waals surface area contributed by atoms with Crippen LogP contribution in [0.3, 0.4) is 0 Å². The van der Waals surface area contributed by atoms with Crippen molar-refractivity contribution in [3.05, 3.63) is 0 Å². The molecule has 0 aromatic rings. The lowest BCUT2D eigenvalue weighted by Gasteiger charge is -2.38. The van der Waals surface area contributed by atoms with E-state index < -0.39 is 6.09 Å². The van der Waals surface area contributed by atoms with E-state index in [4.69, 9.17) is 9.84 Å². The van der Waals surface area contributed by atoms with Crippen LogP contribution in [-0.4, -0.2) is 56.0 Å². The van der Waals surface area contributed by atoms with Crippen molar-refractivity contribution in [2.24, 2.45) is 5.92 Å². The molecule has 0 spiro atoms. The Hall–Kier alpha value is -0.810. The minimum Gasteiger partial charge on any atom is -0.465 e. The van der Waals surface area contributed by atoms with Gasteiger partial charge >= 0.3 is 6.09 Å². The van der Waals surface area contributed by atoms with Gasteiger partial charge in [-0.2, -0.15) is 0 Å². The van der Waals surface area contributed by atoms with Gasteiger partial charge in [-0.15, -0.1) is 0 Å². The maximum absolute atomic E-state index is 10.2. The van der Waals surface area contributed by atoms with Gasteiger partial charge in [-0.25, -0.2) is 4.79 Å². The van der Waals surface area contributed by atoms with E-state index in [1.165, 1.54) is 0 Å². The number of nitrogens with zero attached hydrogens (tertiary/aromatic N) is 1. The number of amides is 1. The Morgan fingerprint density at radius 1 is 1.69 bits per heavy atom. The molecule has 2 N–H and O–H groups in total. The van der Waals surface area contributed by atoms with Crippen LogP contribution in [0.5, 0.6) is 0 Å². The monoisotopic (exact) mass is 188 g/mol. The van der Waals surface area contributed by atoms with Gasteiger partial charge in [0.25, 0.3) is 0 Å². The fourth-order valence-electron chi connectivity index (χ4n) is 1.44. The summed E-state index contributed by atoms with van der Waals surface area (Å²) in [5.74, 6) is 0.480. The summed E-state index contributed by atoms with van der Waals surface area (Å²) in [5, 5.41) is 10.7. The minimum absolute atomic E-state index is 0.480. The fourth-order valence-corrected chi connectivity index (χ4v) is 1.44. The van der Waals surface area contributed by atoms with Crippen molar-refractivity contribution in [1.29, 1.82) is 0 Å². The second kappa shape index (κ2) is 5.04. The molecule has 5 nitrogen and oxygen atoms in total. The van der Waals surface area contributed by atoms with E-state index in [1.54, 1.807) is 7.11 Å². The van der Waals surface area contributed by atoms with E-state index in [1.807, 2.05) is 0 Å². The van der Waals surface area contributed by atoms with Crippen LogP contribution in [0.4, 0.5) is 4.79 Å². The van der Waals surface area contributed by atoms with Crippen LogP contribution in [0, 0.1) is 5.92 Å². The molecule has 1 saturated heterocycles. The topological polar surface area (TPSA) is 61.8 Å². The van der Waals surface area contributed by atoms with E-state index in [0.717, 1.165) is 26.2 Å². The Balaban J connectivity index is 1.95. The van der Waals surface area contributed by atoms with E-state index >= 15 is 0 Å². The molecule has 1 amide bonds. The van der Waals surface area contributed by atoms with Gasteiger partial charge in [-0.3, -0.25) is 0 Å². The first-order chi connectivity index (χ1) is 6.22. The molecule has 0 aliphatic carbocycles. The Bertz CT molecular complexity index is 169. The number of methoxy groups -OCH3 is 1. The molecule has 1 heterocycles. The van der Waals surface area contributed by atoms with Crippen LogP contribution in [0.1, 0.15) is 0 Å². The average Bonchev–Trinajstić information content (AvgIpc) is 2.00. The molecule has 0 bridgehead atoms. The molecule has 0 atom stereocenters. The Kier molecular flexibility index (Phi) is 3.98. The molecule has 13 heavy (non-hydrogen) atoms. The smallest absolute Gasteiger partial charge is 0.404 e. The standard InChI is InChI=1S/C8H16N2O3/c1-13-3-2-10-5-7(6-10)4-9-8(11)12/h7,9H,2-6H2,1H3,(H,11,12). The van der Waals surface area contributed by atoms with Crippen LogP contribution >= 0.6 is 0 Å². The van der Waals surface area contributed by atoms with Gasteiger partial charge < -0.3 is 20.1 Å². The van der Waals surface area contributed by atoms with Crippen molar-refractivity contribution in [2.45, 2.75) is 0 Å². The number of likely N-dealkylation sites (tertiary alicyclic amines) is 1. The normalized spacial score (nSPS) is 18.2. The summed E-state index contributed by atoms with van der Waals surface area (Å²) in [6.45, 7) is 4.21. The fraction of sp³-hybridized carbons (Fsp3) is 0.875. The second-order valence-corrected chi connectivity index (χ2v) is 3.30. The second-order valence-electron chi connectivity index (χ2n) is 3.30. The summed E-state index contributed by atoms with van der Waals surface area (Å²) in [7, 11) is 1.68. The van der Waals surface area contributed by atoms with Crippen molar-refractivity contribution < 1.29 is 14.6 Å². The first kappa shape index (κ1) is 10.3. The van der Waals surface area contributed by atoms with Gasteiger partial charge in [-0.05, 0) is 0 Å². The molecular weight excluding hydrogens is 172 g/mol. The number of carbonyl (C=O) groups is 1. The average molecular weight is 188 g/mol. The summed E-state index contributed by atoms with van der Waals surface area (Å²) in [4.78, 5) is 12.4. The van der Waals surface area contributed by atoms with Crippen LogP contribution in [0.25, 0.3) is 0 Å². The summed E-state index contributed by atoms with van der Waals surface area (Å²) in [6, 6.07) is 0. The summed E-state index contributed by atoms with van der Waals surface area (Å²) in [5.41, 5.74) is 0. The third kappa shape index (κ3) is 3.61. The maximum atomic E-state index is 10.2. The number of ether oxygens (including phenoxy) is 1. The lowest BCUT2D eigenvalue weighted by Crippen LogP contribution is -2.52. The van der Waals surface area contributed by atoms with E-state index in [0.29, 0.717) is 12.5 Å². The van der Waals surface area contributed by atoms with Gasteiger partial charge in [0.15, 0.2) is 0 Å². The number of nitrogens with one attached hydrogen (secondary N) is 1. The molecule has 0 unspecified atom stereocenters. The third-order valence-electron chi connectivity index (χ3n) is 2.19. The number of carboxylic acid groups (broad SMARTS) is 1. The third-order valence-corrected chi connectivity index (χ3v) is 2.19. The predicted octanol–water partition coefficient (Wildman–Crippen LogP) is -0.168. The Morgan fingerprint density at radius 2 is 2.38 bits per heavy atom. The summed E-state index contributed by atoms with van der Waals surface area (Å²) in [6.07, 6.45) is -0.935. The van der Waals surface area contributed by atoms with Crippen molar-refractivity contribution in [1.82, 2.24) is 10.2 Å². The molecular formula is C8H16N2O3.